The second kappa shape index (κ2) is 4.41. The largest absolute Gasteiger partial charge is 0.381 e. The van der Waals surface area contributed by atoms with Crippen LogP contribution in [-0.4, -0.2) is 6.04 Å². The van der Waals surface area contributed by atoms with Gasteiger partial charge in [0, 0.05) is 6.04 Å². The topological polar surface area (TPSA) is 35.8 Å². The number of hydrogen-bond donors (Lipinski definition) is 1. The van der Waals surface area contributed by atoms with Crippen LogP contribution < -0.4 is 5.32 Å². The molecular weight excluding hydrogens is 208 g/mol. The molecule has 1 atom stereocenters. The molecule has 0 aliphatic heterocycles. The van der Waals surface area contributed by atoms with Gasteiger partial charge in [0.2, 0.25) is 0 Å². The van der Waals surface area contributed by atoms with Crippen molar-refractivity contribution in [1.29, 1.82) is 5.26 Å². The van der Waals surface area contributed by atoms with Crippen LogP contribution in [0.15, 0.2) is 18.2 Å². The van der Waals surface area contributed by atoms with Crippen LogP contribution in [0.2, 0.25) is 0 Å². The Morgan fingerprint density at radius 3 is 2.76 bits per heavy atom. The number of hydrogen-bond acceptors (Lipinski definition) is 2. The normalized spacial score (nSPS) is 22.1. The monoisotopic (exact) mass is 228 g/mol. The van der Waals surface area contributed by atoms with Gasteiger partial charge in [0.05, 0.1) is 11.3 Å². The van der Waals surface area contributed by atoms with Crippen molar-refractivity contribution in [1.82, 2.24) is 0 Å². The van der Waals surface area contributed by atoms with Crippen molar-refractivity contribution in [3.63, 3.8) is 0 Å². The lowest BCUT2D eigenvalue weighted by Crippen LogP contribution is -2.31. The summed E-state index contributed by atoms with van der Waals surface area (Å²) in [7, 11) is 0. The Morgan fingerprint density at radius 2 is 2.18 bits per heavy atom. The minimum Gasteiger partial charge on any atom is -0.381 e. The van der Waals surface area contributed by atoms with Gasteiger partial charge in [-0.05, 0) is 36.8 Å². The lowest BCUT2D eigenvalue weighted by Gasteiger charge is -2.29. The minimum atomic E-state index is 0.330. The Balaban J connectivity index is 2.25. The van der Waals surface area contributed by atoms with E-state index in [9.17, 15) is 5.26 Å². The summed E-state index contributed by atoms with van der Waals surface area (Å²) >= 11 is 0. The Hall–Kier alpha value is -1.49. The Labute approximate surface area is 104 Å². The van der Waals surface area contributed by atoms with E-state index in [1.54, 1.807) is 0 Å². The van der Waals surface area contributed by atoms with Gasteiger partial charge in [0.25, 0.3) is 0 Å². The van der Waals surface area contributed by atoms with E-state index >= 15 is 0 Å². The summed E-state index contributed by atoms with van der Waals surface area (Å²) in [5, 5.41) is 12.8. The Bertz CT molecular complexity index is 454. The predicted octanol–water partition coefficient (Wildman–Crippen LogP) is 3.86. The zero-order valence-electron chi connectivity index (χ0n) is 10.9. The molecule has 0 saturated heterocycles. The molecule has 17 heavy (non-hydrogen) atoms. The van der Waals surface area contributed by atoms with Crippen molar-refractivity contribution in [3.05, 3.63) is 29.3 Å². The molecule has 0 bridgehead atoms. The average Bonchev–Trinajstić information content (AvgIpc) is 2.59. The predicted molar refractivity (Wildman–Crippen MR) is 70.9 cm³/mol. The lowest BCUT2D eigenvalue weighted by molar-refractivity contribution is 0.350. The second-order valence-electron chi connectivity index (χ2n) is 5.69. The average molecular weight is 228 g/mol. The standard InChI is InChI=1S/C15H20N2/c1-11-6-4-7-13(12(11)10-16)17-14-8-5-9-15(14,2)3/h4,6-7,14,17H,5,8-9H2,1-3H3. The lowest BCUT2D eigenvalue weighted by atomic mass is 9.87. The summed E-state index contributed by atoms with van der Waals surface area (Å²) in [6.45, 7) is 6.60. The molecule has 0 spiro atoms. The molecule has 2 rings (SSSR count). The van der Waals surface area contributed by atoms with Crippen LogP contribution in [0.5, 0.6) is 0 Å². The summed E-state index contributed by atoms with van der Waals surface area (Å²) in [6, 6.07) is 8.80. The highest BCUT2D eigenvalue weighted by Gasteiger charge is 2.34. The van der Waals surface area contributed by atoms with E-state index < -0.39 is 0 Å². The first-order valence-corrected chi connectivity index (χ1v) is 6.31. The quantitative estimate of drug-likeness (QED) is 0.834. The van der Waals surface area contributed by atoms with Gasteiger partial charge in [0.1, 0.15) is 6.07 Å². The number of benzene rings is 1. The molecule has 1 unspecified atom stereocenters. The number of nitrogens with zero attached hydrogens (tertiary/aromatic N) is 1. The van der Waals surface area contributed by atoms with E-state index in [1.165, 1.54) is 19.3 Å². The zero-order chi connectivity index (χ0) is 12.5. The smallest absolute Gasteiger partial charge is 0.102 e. The van der Waals surface area contributed by atoms with Gasteiger partial charge < -0.3 is 5.32 Å². The van der Waals surface area contributed by atoms with Gasteiger partial charge in [-0.2, -0.15) is 5.26 Å². The molecule has 2 heteroatoms. The Kier molecular flexibility index (Phi) is 3.11. The molecule has 1 aliphatic carbocycles. The SMILES string of the molecule is Cc1cccc(NC2CCCC2(C)C)c1C#N. The molecule has 1 aliphatic rings. The third kappa shape index (κ3) is 2.29. The van der Waals surface area contributed by atoms with E-state index in [0.29, 0.717) is 11.5 Å². The molecule has 90 valence electrons. The molecule has 2 nitrogen and oxygen atoms in total. The van der Waals surface area contributed by atoms with Crippen LogP contribution in [0.3, 0.4) is 0 Å². The maximum absolute atomic E-state index is 9.21. The van der Waals surface area contributed by atoms with Gasteiger partial charge in [0.15, 0.2) is 0 Å². The number of anilines is 1. The summed E-state index contributed by atoms with van der Waals surface area (Å²) in [5.41, 5.74) is 3.16. The molecule has 1 aromatic rings. The number of rotatable bonds is 2. The molecule has 0 amide bonds. The van der Waals surface area contributed by atoms with E-state index in [4.69, 9.17) is 0 Å². The molecule has 1 saturated carbocycles. The highest BCUT2D eigenvalue weighted by Crippen LogP contribution is 2.39. The third-order valence-electron chi connectivity index (χ3n) is 3.97. The highest BCUT2D eigenvalue weighted by molar-refractivity contribution is 5.61. The first kappa shape index (κ1) is 12.0. The maximum atomic E-state index is 9.21. The van der Waals surface area contributed by atoms with Gasteiger partial charge in [-0.3, -0.25) is 0 Å². The van der Waals surface area contributed by atoms with E-state index in [2.05, 4.69) is 25.2 Å². The van der Waals surface area contributed by atoms with E-state index in [0.717, 1.165) is 16.8 Å². The first-order valence-electron chi connectivity index (χ1n) is 6.31. The Morgan fingerprint density at radius 1 is 1.41 bits per heavy atom. The van der Waals surface area contributed by atoms with Crippen molar-refractivity contribution < 1.29 is 0 Å². The summed E-state index contributed by atoms with van der Waals surface area (Å²) in [6.07, 6.45) is 3.74. The highest BCUT2D eigenvalue weighted by atomic mass is 14.9. The van der Waals surface area contributed by atoms with Crippen LogP contribution in [-0.2, 0) is 0 Å². The number of nitrogens with one attached hydrogen (secondary N) is 1. The van der Waals surface area contributed by atoms with Crippen molar-refractivity contribution in [3.8, 4) is 6.07 Å². The van der Waals surface area contributed by atoms with Gasteiger partial charge in [-0.25, -0.2) is 0 Å². The molecule has 0 aromatic heterocycles. The molecule has 0 radical (unpaired) electrons. The van der Waals surface area contributed by atoms with Crippen LogP contribution in [0.4, 0.5) is 5.69 Å². The van der Waals surface area contributed by atoms with Crippen molar-refractivity contribution >= 4 is 5.69 Å². The van der Waals surface area contributed by atoms with Gasteiger partial charge in [-0.15, -0.1) is 0 Å². The van der Waals surface area contributed by atoms with Crippen LogP contribution >= 0.6 is 0 Å². The van der Waals surface area contributed by atoms with Crippen molar-refractivity contribution in [2.75, 3.05) is 5.32 Å². The molecule has 1 N–H and O–H groups in total. The fraction of sp³-hybridized carbons (Fsp3) is 0.533. The second-order valence-corrected chi connectivity index (χ2v) is 5.69. The zero-order valence-corrected chi connectivity index (χ0v) is 10.9. The summed E-state index contributed by atoms with van der Waals surface area (Å²) in [4.78, 5) is 0. The summed E-state index contributed by atoms with van der Waals surface area (Å²) in [5.74, 6) is 0. The van der Waals surface area contributed by atoms with Crippen molar-refractivity contribution in [2.45, 2.75) is 46.1 Å². The molecule has 0 heterocycles. The van der Waals surface area contributed by atoms with Gasteiger partial charge >= 0.3 is 0 Å². The number of aryl methyl sites for hydroxylation is 1. The molecule has 1 fully saturated rings. The first-order chi connectivity index (χ1) is 8.04. The fourth-order valence-electron chi connectivity index (χ4n) is 2.72. The van der Waals surface area contributed by atoms with Crippen LogP contribution in [0.25, 0.3) is 0 Å². The third-order valence-corrected chi connectivity index (χ3v) is 3.97. The molecule has 1 aromatic carbocycles. The van der Waals surface area contributed by atoms with E-state index in [1.807, 2.05) is 25.1 Å². The number of nitriles is 1. The summed E-state index contributed by atoms with van der Waals surface area (Å²) < 4.78 is 0. The van der Waals surface area contributed by atoms with Crippen molar-refractivity contribution in [2.24, 2.45) is 5.41 Å². The van der Waals surface area contributed by atoms with Crippen LogP contribution in [0, 0.1) is 23.7 Å². The minimum absolute atomic E-state index is 0.330. The van der Waals surface area contributed by atoms with Gasteiger partial charge in [-0.1, -0.05) is 32.4 Å². The molecular formula is C15H20N2. The maximum Gasteiger partial charge on any atom is 0.102 e. The van der Waals surface area contributed by atoms with E-state index in [-0.39, 0.29) is 0 Å². The fourth-order valence-corrected chi connectivity index (χ4v) is 2.72. The van der Waals surface area contributed by atoms with Crippen LogP contribution in [0.1, 0.15) is 44.2 Å².